The molecule has 1 aliphatic rings. The lowest BCUT2D eigenvalue weighted by Gasteiger charge is -2.24. The van der Waals surface area contributed by atoms with Crippen LogP contribution in [0.5, 0.6) is 17.2 Å². The number of amides is 1. The molecule has 0 saturated carbocycles. The fourth-order valence-corrected chi connectivity index (χ4v) is 4.35. The number of ether oxygens (including phenoxy) is 3. The van der Waals surface area contributed by atoms with E-state index in [0.717, 1.165) is 34.9 Å². The van der Waals surface area contributed by atoms with Crippen LogP contribution in [0.2, 0.25) is 0 Å². The summed E-state index contributed by atoms with van der Waals surface area (Å²) in [5.74, 6) is 2.55. The molecule has 0 saturated heterocycles. The van der Waals surface area contributed by atoms with Crippen molar-refractivity contribution in [2.75, 3.05) is 26.1 Å². The Morgan fingerprint density at radius 3 is 2.79 bits per heavy atom. The van der Waals surface area contributed by atoms with Crippen molar-refractivity contribution in [1.82, 2.24) is 20.1 Å². The molecule has 0 fully saturated rings. The van der Waals surface area contributed by atoms with Gasteiger partial charge in [-0.25, -0.2) is 0 Å². The highest BCUT2D eigenvalue weighted by atomic mass is 32.2. The highest BCUT2D eigenvalue weighted by Gasteiger charge is 2.22. The third-order valence-corrected chi connectivity index (χ3v) is 6.24. The molecule has 4 rings (SSSR count). The maximum Gasteiger partial charge on any atom is 0.230 e. The number of hydrogen-bond acceptors (Lipinski definition) is 7. The van der Waals surface area contributed by atoms with Gasteiger partial charge in [0.1, 0.15) is 12.1 Å². The Hall–Kier alpha value is -3.20. The second kappa shape index (κ2) is 10.6. The second-order valence-electron chi connectivity index (χ2n) is 8.02. The summed E-state index contributed by atoms with van der Waals surface area (Å²) < 4.78 is 18.7. The number of methoxy groups -OCH3 is 1. The second-order valence-corrected chi connectivity index (χ2v) is 8.96. The van der Waals surface area contributed by atoms with E-state index in [1.165, 1.54) is 11.8 Å². The molecule has 0 radical (unpaired) electrons. The quantitative estimate of drug-likeness (QED) is 0.499. The first-order valence-corrected chi connectivity index (χ1v) is 11.9. The monoisotopic (exact) mass is 468 g/mol. The standard InChI is InChI=1S/C24H28N4O4S/c1-16(2)23(17-8-9-20-21(12-17)32-11-5-10-31-20)26-22(29)14-33-24-27-25-15-28(24)18-6-4-7-19(13-18)30-3/h4,6-9,12-13,15-16,23H,5,10-11,14H2,1-3H3,(H,26,29)/t23-/m0/s1. The lowest BCUT2D eigenvalue weighted by molar-refractivity contribution is -0.119. The van der Waals surface area contributed by atoms with E-state index < -0.39 is 0 Å². The Bertz CT molecular complexity index is 1100. The molecule has 1 aromatic heterocycles. The Morgan fingerprint density at radius 2 is 2.00 bits per heavy atom. The Kier molecular flexibility index (Phi) is 7.39. The first-order valence-electron chi connectivity index (χ1n) is 10.9. The zero-order chi connectivity index (χ0) is 23.2. The summed E-state index contributed by atoms with van der Waals surface area (Å²) >= 11 is 1.34. The Morgan fingerprint density at radius 1 is 1.18 bits per heavy atom. The molecule has 0 aliphatic carbocycles. The maximum absolute atomic E-state index is 12.9. The van der Waals surface area contributed by atoms with Crippen molar-refractivity contribution >= 4 is 17.7 Å². The lowest BCUT2D eigenvalue weighted by atomic mass is 9.95. The van der Waals surface area contributed by atoms with Crippen LogP contribution in [0.25, 0.3) is 5.69 Å². The summed E-state index contributed by atoms with van der Waals surface area (Å²) in [6, 6.07) is 13.3. The SMILES string of the molecule is COc1cccc(-n2cnnc2SCC(=O)N[C@H](c2ccc3c(c2)OCCCO3)C(C)C)c1. The van der Waals surface area contributed by atoms with Gasteiger partial charge in [0.2, 0.25) is 5.91 Å². The molecule has 1 N–H and O–H groups in total. The summed E-state index contributed by atoms with van der Waals surface area (Å²) in [4.78, 5) is 12.9. The summed E-state index contributed by atoms with van der Waals surface area (Å²) in [5, 5.41) is 12.0. The number of nitrogens with one attached hydrogen (secondary N) is 1. The molecule has 174 valence electrons. The van der Waals surface area contributed by atoms with Crippen molar-refractivity contribution in [1.29, 1.82) is 0 Å². The van der Waals surface area contributed by atoms with E-state index in [9.17, 15) is 4.79 Å². The molecule has 2 heterocycles. The Labute approximate surface area is 197 Å². The van der Waals surface area contributed by atoms with Crippen LogP contribution in [0.1, 0.15) is 31.9 Å². The minimum Gasteiger partial charge on any atom is -0.497 e. The topological polar surface area (TPSA) is 87.5 Å². The lowest BCUT2D eigenvalue weighted by Crippen LogP contribution is -2.33. The van der Waals surface area contributed by atoms with Gasteiger partial charge in [-0.15, -0.1) is 10.2 Å². The maximum atomic E-state index is 12.9. The average Bonchev–Trinajstić information content (AvgIpc) is 3.17. The molecule has 0 bridgehead atoms. The van der Waals surface area contributed by atoms with Crippen LogP contribution < -0.4 is 19.5 Å². The van der Waals surface area contributed by atoms with Gasteiger partial charge in [0, 0.05) is 12.5 Å². The van der Waals surface area contributed by atoms with E-state index in [-0.39, 0.29) is 23.6 Å². The molecular formula is C24H28N4O4S. The minimum atomic E-state index is -0.147. The van der Waals surface area contributed by atoms with Gasteiger partial charge in [0.05, 0.1) is 37.8 Å². The van der Waals surface area contributed by atoms with Crippen LogP contribution >= 0.6 is 11.8 Å². The highest BCUT2D eigenvalue weighted by Crippen LogP contribution is 2.34. The van der Waals surface area contributed by atoms with Crippen molar-refractivity contribution in [3.05, 3.63) is 54.4 Å². The van der Waals surface area contributed by atoms with Crippen LogP contribution in [0.15, 0.2) is 53.9 Å². The first kappa shape index (κ1) is 23.0. The van der Waals surface area contributed by atoms with Crippen LogP contribution in [0.3, 0.4) is 0 Å². The van der Waals surface area contributed by atoms with Gasteiger partial charge in [-0.05, 0) is 35.7 Å². The number of aromatic nitrogens is 3. The molecule has 1 aliphatic heterocycles. The number of rotatable bonds is 8. The van der Waals surface area contributed by atoms with E-state index >= 15 is 0 Å². The average molecular weight is 469 g/mol. The third-order valence-electron chi connectivity index (χ3n) is 5.29. The summed E-state index contributed by atoms with van der Waals surface area (Å²) in [5.41, 5.74) is 1.86. The normalized spacial score (nSPS) is 13.9. The molecular weight excluding hydrogens is 440 g/mol. The van der Waals surface area contributed by atoms with E-state index in [2.05, 4.69) is 29.4 Å². The van der Waals surface area contributed by atoms with Crippen molar-refractivity contribution in [3.8, 4) is 22.9 Å². The van der Waals surface area contributed by atoms with Gasteiger partial charge in [-0.3, -0.25) is 9.36 Å². The van der Waals surface area contributed by atoms with Crippen molar-refractivity contribution in [2.45, 2.75) is 31.5 Å². The van der Waals surface area contributed by atoms with Crippen molar-refractivity contribution in [3.63, 3.8) is 0 Å². The van der Waals surface area contributed by atoms with Crippen LogP contribution in [-0.2, 0) is 4.79 Å². The minimum absolute atomic E-state index is 0.0778. The summed E-state index contributed by atoms with van der Waals surface area (Å²) in [6.45, 7) is 5.44. The first-order chi connectivity index (χ1) is 16.0. The summed E-state index contributed by atoms with van der Waals surface area (Å²) in [7, 11) is 1.62. The van der Waals surface area contributed by atoms with Gasteiger partial charge < -0.3 is 19.5 Å². The van der Waals surface area contributed by atoms with Gasteiger partial charge in [-0.1, -0.05) is 37.7 Å². The third kappa shape index (κ3) is 5.60. The zero-order valence-electron chi connectivity index (χ0n) is 19.0. The number of benzene rings is 2. The highest BCUT2D eigenvalue weighted by molar-refractivity contribution is 7.99. The largest absolute Gasteiger partial charge is 0.497 e. The van der Waals surface area contributed by atoms with Gasteiger partial charge in [0.25, 0.3) is 0 Å². The van der Waals surface area contributed by atoms with Crippen LogP contribution in [0.4, 0.5) is 0 Å². The van der Waals surface area contributed by atoms with Gasteiger partial charge in [-0.2, -0.15) is 0 Å². The molecule has 3 aromatic rings. The van der Waals surface area contributed by atoms with Crippen molar-refractivity contribution < 1.29 is 19.0 Å². The number of carbonyl (C=O) groups is 1. The molecule has 0 unspecified atom stereocenters. The number of carbonyl (C=O) groups excluding carboxylic acids is 1. The molecule has 8 nitrogen and oxygen atoms in total. The smallest absolute Gasteiger partial charge is 0.230 e. The molecule has 1 amide bonds. The van der Waals surface area contributed by atoms with E-state index in [0.29, 0.717) is 18.4 Å². The molecule has 9 heteroatoms. The van der Waals surface area contributed by atoms with Crippen molar-refractivity contribution in [2.24, 2.45) is 5.92 Å². The summed E-state index contributed by atoms with van der Waals surface area (Å²) in [6.07, 6.45) is 2.48. The predicted molar refractivity (Wildman–Crippen MR) is 126 cm³/mol. The van der Waals surface area contributed by atoms with E-state index in [4.69, 9.17) is 14.2 Å². The molecule has 2 aromatic carbocycles. The van der Waals surface area contributed by atoms with E-state index in [1.807, 2.05) is 47.0 Å². The van der Waals surface area contributed by atoms with Crippen LogP contribution in [0, 0.1) is 5.92 Å². The molecule has 33 heavy (non-hydrogen) atoms. The zero-order valence-corrected chi connectivity index (χ0v) is 19.8. The van der Waals surface area contributed by atoms with Gasteiger partial charge >= 0.3 is 0 Å². The van der Waals surface area contributed by atoms with Crippen LogP contribution in [-0.4, -0.2) is 46.7 Å². The fraction of sp³-hybridized carbons (Fsp3) is 0.375. The number of hydrogen-bond donors (Lipinski definition) is 1. The van der Waals surface area contributed by atoms with Gasteiger partial charge in [0.15, 0.2) is 16.7 Å². The number of nitrogens with zero attached hydrogens (tertiary/aromatic N) is 3. The van der Waals surface area contributed by atoms with E-state index in [1.54, 1.807) is 13.4 Å². The number of thioether (sulfide) groups is 1. The number of fused-ring (bicyclic) bond motifs is 1. The predicted octanol–water partition coefficient (Wildman–Crippen LogP) is 4.04. The fourth-order valence-electron chi connectivity index (χ4n) is 3.61. The molecule has 1 atom stereocenters. The Balaban J connectivity index is 1.43. The molecule has 0 spiro atoms.